The van der Waals surface area contributed by atoms with Gasteiger partial charge in [0.25, 0.3) is 5.91 Å². The second-order valence-electron chi connectivity index (χ2n) is 8.25. The molecule has 182 valence electrons. The lowest BCUT2D eigenvalue weighted by Crippen LogP contribution is -2.54. The molecule has 0 aliphatic carbocycles. The van der Waals surface area contributed by atoms with Gasteiger partial charge in [0.1, 0.15) is 17.8 Å². The molecule has 2 atom stereocenters. The first-order chi connectivity index (χ1) is 16.2. The Kier molecular flexibility index (Phi) is 10.1. The van der Waals surface area contributed by atoms with Crippen LogP contribution in [0.25, 0.3) is 0 Å². The molecular weight excluding hydrogens is 438 g/mol. The molecule has 9 heteroatoms. The van der Waals surface area contributed by atoms with Crippen molar-refractivity contribution in [2.24, 2.45) is 5.92 Å². The summed E-state index contributed by atoms with van der Waals surface area (Å²) in [5, 5.41) is 17.1. The molecule has 2 rings (SSSR count). The largest absolute Gasteiger partial charge is 0.497 e. The summed E-state index contributed by atoms with van der Waals surface area (Å²) in [5.41, 5.74) is 1.14. The molecule has 2 unspecified atom stereocenters. The predicted molar refractivity (Wildman–Crippen MR) is 126 cm³/mol. The van der Waals surface area contributed by atoms with Crippen molar-refractivity contribution >= 4 is 23.7 Å². The number of carbonyl (C=O) groups excluding carboxylic acids is 3. The first-order valence-corrected chi connectivity index (χ1v) is 11.0. The Bertz CT molecular complexity index is 976. The summed E-state index contributed by atoms with van der Waals surface area (Å²) in [6, 6.07) is 13.4. The molecule has 0 radical (unpaired) electrons. The van der Waals surface area contributed by atoms with Gasteiger partial charge in [0.05, 0.1) is 13.7 Å². The van der Waals surface area contributed by atoms with E-state index in [0.717, 1.165) is 5.56 Å². The number of ether oxygens (including phenoxy) is 1. The molecular formula is C25H31N3O6. The molecule has 0 saturated heterocycles. The van der Waals surface area contributed by atoms with Crippen LogP contribution in [0.15, 0.2) is 54.6 Å². The van der Waals surface area contributed by atoms with Crippen molar-refractivity contribution in [3.8, 4) is 5.75 Å². The van der Waals surface area contributed by atoms with Gasteiger partial charge in [-0.25, -0.2) is 4.79 Å². The summed E-state index contributed by atoms with van der Waals surface area (Å²) < 4.78 is 5.05. The van der Waals surface area contributed by atoms with Crippen LogP contribution < -0.4 is 20.7 Å². The zero-order chi connectivity index (χ0) is 25.1. The van der Waals surface area contributed by atoms with E-state index in [-0.39, 0.29) is 25.3 Å². The highest BCUT2D eigenvalue weighted by Crippen LogP contribution is 2.11. The van der Waals surface area contributed by atoms with Crippen molar-refractivity contribution in [1.82, 2.24) is 16.0 Å². The van der Waals surface area contributed by atoms with Gasteiger partial charge in [-0.15, -0.1) is 0 Å². The first kappa shape index (κ1) is 26.4. The molecule has 4 N–H and O–H groups in total. The lowest BCUT2D eigenvalue weighted by molar-refractivity contribution is -0.142. The third kappa shape index (κ3) is 8.57. The summed E-state index contributed by atoms with van der Waals surface area (Å²) in [6.07, 6.45) is 0.420. The van der Waals surface area contributed by atoms with Crippen molar-refractivity contribution in [3.05, 3.63) is 65.7 Å². The van der Waals surface area contributed by atoms with Crippen LogP contribution in [0, 0.1) is 5.92 Å². The number of hydrogen-bond acceptors (Lipinski definition) is 5. The van der Waals surface area contributed by atoms with Gasteiger partial charge in [0.2, 0.25) is 11.8 Å². The van der Waals surface area contributed by atoms with Crippen LogP contribution >= 0.6 is 0 Å². The topological polar surface area (TPSA) is 134 Å². The van der Waals surface area contributed by atoms with E-state index in [1.807, 2.05) is 19.9 Å². The van der Waals surface area contributed by atoms with Crippen molar-refractivity contribution in [3.63, 3.8) is 0 Å². The quantitative estimate of drug-likeness (QED) is 0.374. The highest BCUT2D eigenvalue weighted by molar-refractivity contribution is 5.97. The molecule has 0 saturated carbocycles. The molecule has 0 fully saturated rings. The average Bonchev–Trinajstić information content (AvgIpc) is 2.82. The Morgan fingerprint density at radius 2 is 1.56 bits per heavy atom. The summed E-state index contributed by atoms with van der Waals surface area (Å²) in [6.45, 7) is 3.37. The number of carbonyl (C=O) groups is 4. The maximum atomic E-state index is 12.9. The van der Waals surface area contributed by atoms with Crippen molar-refractivity contribution in [1.29, 1.82) is 0 Å². The molecule has 0 aromatic heterocycles. The molecule has 0 bridgehead atoms. The molecule has 2 aromatic rings. The highest BCUT2D eigenvalue weighted by atomic mass is 16.5. The van der Waals surface area contributed by atoms with Crippen LogP contribution in [-0.4, -0.2) is 54.5 Å². The van der Waals surface area contributed by atoms with E-state index in [2.05, 4.69) is 16.0 Å². The Labute approximate surface area is 198 Å². The Hall–Kier alpha value is -3.88. The standard InChI is InChI=1S/C25H31N3O6/c1-16(2)13-21(25(32)33)28-24(31)20(14-17-7-5-4-6-8-17)27-22(29)15-26-23(30)18-9-11-19(34-3)12-10-18/h4-12,16,20-21H,13-15H2,1-3H3,(H,26,30)(H,27,29)(H,28,31)(H,32,33). The van der Waals surface area contributed by atoms with Crippen molar-refractivity contribution in [2.75, 3.05) is 13.7 Å². The fourth-order valence-electron chi connectivity index (χ4n) is 3.27. The van der Waals surface area contributed by atoms with Gasteiger partial charge in [-0.3, -0.25) is 14.4 Å². The number of carboxylic acid groups (broad SMARTS) is 1. The van der Waals surface area contributed by atoms with E-state index in [4.69, 9.17) is 4.74 Å². The second-order valence-corrected chi connectivity index (χ2v) is 8.25. The molecule has 0 spiro atoms. The van der Waals surface area contributed by atoms with Gasteiger partial charge in [0, 0.05) is 12.0 Å². The summed E-state index contributed by atoms with van der Waals surface area (Å²) in [7, 11) is 1.52. The monoisotopic (exact) mass is 469 g/mol. The first-order valence-electron chi connectivity index (χ1n) is 11.0. The zero-order valence-electron chi connectivity index (χ0n) is 19.5. The maximum absolute atomic E-state index is 12.9. The smallest absolute Gasteiger partial charge is 0.326 e. The molecule has 0 heterocycles. The highest BCUT2D eigenvalue weighted by Gasteiger charge is 2.27. The van der Waals surface area contributed by atoms with Gasteiger partial charge in [-0.1, -0.05) is 44.2 Å². The molecule has 2 aromatic carbocycles. The maximum Gasteiger partial charge on any atom is 0.326 e. The molecule has 9 nitrogen and oxygen atoms in total. The summed E-state index contributed by atoms with van der Waals surface area (Å²) >= 11 is 0. The number of aliphatic carboxylic acids is 1. The van der Waals surface area contributed by atoms with Crippen LogP contribution in [0.1, 0.15) is 36.2 Å². The Morgan fingerprint density at radius 1 is 0.912 bits per heavy atom. The van der Waals surface area contributed by atoms with Crippen molar-refractivity contribution in [2.45, 2.75) is 38.8 Å². The van der Waals surface area contributed by atoms with E-state index in [9.17, 15) is 24.3 Å². The van der Waals surface area contributed by atoms with Crippen LogP contribution in [-0.2, 0) is 20.8 Å². The fraction of sp³-hybridized carbons (Fsp3) is 0.360. The van der Waals surface area contributed by atoms with Gasteiger partial charge >= 0.3 is 5.97 Å². The number of benzene rings is 2. The number of carboxylic acids is 1. The Balaban J connectivity index is 2.04. The molecule has 34 heavy (non-hydrogen) atoms. The van der Waals surface area contributed by atoms with Crippen LogP contribution in [0.4, 0.5) is 0 Å². The number of hydrogen-bond donors (Lipinski definition) is 4. The third-order valence-electron chi connectivity index (χ3n) is 5.02. The number of methoxy groups -OCH3 is 1. The summed E-state index contributed by atoms with van der Waals surface area (Å²) in [4.78, 5) is 49.3. The Morgan fingerprint density at radius 3 is 2.12 bits per heavy atom. The predicted octanol–water partition coefficient (Wildman–Crippen LogP) is 1.77. The minimum Gasteiger partial charge on any atom is -0.497 e. The second kappa shape index (κ2) is 13.0. The van der Waals surface area contributed by atoms with E-state index in [0.29, 0.717) is 11.3 Å². The van der Waals surface area contributed by atoms with Gasteiger partial charge in [-0.2, -0.15) is 0 Å². The van der Waals surface area contributed by atoms with E-state index in [1.165, 1.54) is 7.11 Å². The third-order valence-corrected chi connectivity index (χ3v) is 5.02. The van der Waals surface area contributed by atoms with E-state index < -0.39 is 35.8 Å². The van der Waals surface area contributed by atoms with Crippen LogP contribution in [0.5, 0.6) is 5.75 Å². The van der Waals surface area contributed by atoms with Crippen molar-refractivity contribution < 1.29 is 29.0 Å². The van der Waals surface area contributed by atoms with Gasteiger partial charge in [0.15, 0.2) is 0 Å². The molecule has 0 aliphatic rings. The molecule has 0 aliphatic heterocycles. The lowest BCUT2D eigenvalue weighted by Gasteiger charge is -2.22. The molecule has 3 amide bonds. The number of rotatable bonds is 12. The normalized spacial score (nSPS) is 12.4. The average molecular weight is 470 g/mol. The minimum atomic E-state index is -1.14. The number of nitrogens with one attached hydrogen (secondary N) is 3. The zero-order valence-corrected chi connectivity index (χ0v) is 19.5. The SMILES string of the molecule is COc1ccc(C(=O)NCC(=O)NC(Cc2ccccc2)C(=O)NC(CC(C)C)C(=O)O)cc1. The van der Waals surface area contributed by atoms with Gasteiger partial charge < -0.3 is 25.8 Å². The van der Waals surface area contributed by atoms with Crippen LogP contribution in [0.3, 0.4) is 0 Å². The number of amides is 3. The summed E-state index contributed by atoms with van der Waals surface area (Å²) in [5.74, 6) is -2.12. The minimum absolute atomic E-state index is 0.0525. The van der Waals surface area contributed by atoms with Crippen LogP contribution in [0.2, 0.25) is 0 Å². The van der Waals surface area contributed by atoms with Gasteiger partial charge in [-0.05, 0) is 42.2 Å². The van der Waals surface area contributed by atoms with E-state index in [1.54, 1.807) is 48.5 Å². The lowest BCUT2D eigenvalue weighted by atomic mass is 10.0. The van der Waals surface area contributed by atoms with E-state index >= 15 is 0 Å². The fourth-order valence-corrected chi connectivity index (χ4v) is 3.27.